The van der Waals surface area contributed by atoms with E-state index in [0.717, 1.165) is 39.1 Å². The van der Waals surface area contributed by atoms with Crippen LogP contribution >= 0.6 is 0 Å². The van der Waals surface area contributed by atoms with E-state index in [1.807, 2.05) is 0 Å². The Morgan fingerprint density at radius 2 is 2.54 bits per heavy atom. The first-order valence-electron chi connectivity index (χ1n) is 4.99. The molecule has 1 atom stereocenters. The summed E-state index contributed by atoms with van der Waals surface area (Å²) in [6, 6.07) is 0. The Kier molecular flexibility index (Phi) is 2.96. The SMILES string of the molecule is FC1=CCCN(CC2CCOC2)C1. The molecule has 0 aromatic rings. The highest BCUT2D eigenvalue weighted by Crippen LogP contribution is 2.17. The molecule has 2 rings (SSSR count). The largest absolute Gasteiger partial charge is 0.381 e. The van der Waals surface area contributed by atoms with E-state index in [2.05, 4.69) is 4.90 Å². The second kappa shape index (κ2) is 4.20. The van der Waals surface area contributed by atoms with Crippen LogP contribution in [0.3, 0.4) is 0 Å². The molecule has 0 spiro atoms. The van der Waals surface area contributed by atoms with Crippen LogP contribution in [0.5, 0.6) is 0 Å². The van der Waals surface area contributed by atoms with Gasteiger partial charge in [-0.2, -0.15) is 0 Å². The molecule has 2 aliphatic heterocycles. The fourth-order valence-electron chi connectivity index (χ4n) is 2.01. The Hall–Kier alpha value is -0.410. The lowest BCUT2D eigenvalue weighted by molar-refractivity contribution is 0.166. The molecule has 2 heterocycles. The first kappa shape index (κ1) is 9.16. The molecule has 2 aliphatic rings. The Morgan fingerprint density at radius 1 is 1.62 bits per heavy atom. The van der Waals surface area contributed by atoms with Gasteiger partial charge in [-0.1, -0.05) is 6.08 Å². The van der Waals surface area contributed by atoms with E-state index in [9.17, 15) is 4.39 Å². The van der Waals surface area contributed by atoms with Crippen LogP contribution in [0.1, 0.15) is 12.8 Å². The Labute approximate surface area is 78.4 Å². The van der Waals surface area contributed by atoms with Gasteiger partial charge in [-0.15, -0.1) is 0 Å². The molecule has 0 aromatic heterocycles. The predicted molar refractivity (Wildman–Crippen MR) is 49.2 cm³/mol. The number of rotatable bonds is 2. The van der Waals surface area contributed by atoms with Crippen molar-refractivity contribution in [1.29, 1.82) is 0 Å². The van der Waals surface area contributed by atoms with Crippen molar-refractivity contribution in [2.24, 2.45) is 5.92 Å². The van der Waals surface area contributed by atoms with E-state index in [0.29, 0.717) is 12.5 Å². The molecule has 0 aliphatic carbocycles. The van der Waals surface area contributed by atoms with Gasteiger partial charge in [0.05, 0.1) is 6.61 Å². The molecular weight excluding hydrogens is 169 g/mol. The quantitative estimate of drug-likeness (QED) is 0.647. The summed E-state index contributed by atoms with van der Waals surface area (Å²) < 4.78 is 18.2. The zero-order valence-electron chi connectivity index (χ0n) is 7.84. The van der Waals surface area contributed by atoms with Crippen molar-refractivity contribution in [3.8, 4) is 0 Å². The third-order valence-corrected chi connectivity index (χ3v) is 2.73. The van der Waals surface area contributed by atoms with Crippen LogP contribution < -0.4 is 0 Å². The minimum absolute atomic E-state index is 0.0326. The van der Waals surface area contributed by atoms with Crippen LogP contribution in [0, 0.1) is 5.92 Å². The Morgan fingerprint density at radius 3 is 3.23 bits per heavy atom. The number of hydrogen-bond acceptors (Lipinski definition) is 2. The standard InChI is InChI=1S/C10H16FNO/c11-10-2-1-4-12(7-10)6-9-3-5-13-8-9/h2,9H,1,3-8H2. The van der Waals surface area contributed by atoms with Gasteiger partial charge >= 0.3 is 0 Å². The first-order valence-corrected chi connectivity index (χ1v) is 4.99. The third-order valence-electron chi connectivity index (χ3n) is 2.73. The van der Waals surface area contributed by atoms with Crippen LogP contribution in [0.15, 0.2) is 11.9 Å². The molecule has 0 aromatic carbocycles. The number of halogens is 1. The number of hydrogen-bond donors (Lipinski definition) is 0. The summed E-state index contributed by atoms with van der Waals surface area (Å²) in [5, 5.41) is 0. The lowest BCUT2D eigenvalue weighted by Crippen LogP contribution is -2.33. The number of ether oxygens (including phenoxy) is 1. The summed E-state index contributed by atoms with van der Waals surface area (Å²) >= 11 is 0. The maximum Gasteiger partial charge on any atom is 0.110 e. The third kappa shape index (κ3) is 2.51. The highest BCUT2D eigenvalue weighted by molar-refractivity contribution is 4.99. The van der Waals surface area contributed by atoms with Gasteiger partial charge in [0.25, 0.3) is 0 Å². The molecule has 0 amide bonds. The fourth-order valence-corrected chi connectivity index (χ4v) is 2.01. The molecule has 0 bridgehead atoms. The van der Waals surface area contributed by atoms with Crippen molar-refractivity contribution >= 4 is 0 Å². The van der Waals surface area contributed by atoms with Crippen LogP contribution in [0.4, 0.5) is 4.39 Å². The maximum atomic E-state index is 12.9. The normalized spacial score (nSPS) is 30.5. The van der Waals surface area contributed by atoms with Crippen LogP contribution in [0.25, 0.3) is 0 Å². The molecule has 1 fully saturated rings. The highest BCUT2D eigenvalue weighted by atomic mass is 19.1. The van der Waals surface area contributed by atoms with Crippen molar-refractivity contribution in [3.05, 3.63) is 11.9 Å². The second-order valence-corrected chi connectivity index (χ2v) is 3.90. The summed E-state index contributed by atoms with van der Waals surface area (Å²) in [6.07, 6.45) is 3.70. The topological polar surface area (TPSA) is 12.5 Å². The van der Waals surface area contributed by atoms with Gasteiger partial charge in [0.15, 0.2) is 0 Å². The second-order valence-electron chi connectivity index (χ2n) is 3.90. The van der Waals surface area contributed by atoms with Gasteiger partial charge in [-0.05, 0) is 18.8 Å². The van der Waals surface area contributed by atoms with Gasteiger partial charge < -0.3 is 4.74 Å². The first-order chi connectivity index (χ1) is 6.34. The van der Waals surface area contributed by atoms with E-state index in [4.69, 9.17) is 4.74 Å². The van der Waals surface area contributed by atoms with E-state index < -0.39 is 0 Å². The summed E-state index contributed by atoms with van der Waals surface area (Å²) in [7, 11) is 0. The minimum Gasteiger partial charge on any atom is -0.381 e. The lowest BCUT2D eigenvalue weighted by Gasteiger charge is -2.26. The average Bonchev–Trinajstić information content (AvgIpc) is 2.57. The molecule has 13 heavy (non-hydrogen) atoms. The van der Waals surface area contributed by atoms with E-state index >= 15 is 0 Å². The monoisotopic (exact) mass is 185 g/mol. The van der Waals surface area contributed by atoms with E-state index in [1.165, 1.54) is 0 Å². The van der Waals surface area contributed by atoms with Crippen LogP contribution in [-0.2, 0) is 4.74 Å². The molecular formula is C10H16FNO. The zero-order chi connectivity index (χ0) is 9.10. The Balaban J connectivity index is 1.78. The average molecular weight is 185 g/mol. The van der Waals surface area contributed by atoms with Gasteiger partial charge in [-0.3, -0.25) is 4.90 Å². The van der Waals surface area contributed by atoms with Crippen LogP contribution in [0.2, 0.25) is 0 Å². The molecule has 74 valence electrons. The fraction of sp³-hybridized carbons (Fsp3) is 0.800. The lowest BCUT2D eigenvalue weighted by atomic mass is 10.1. The summed E-state index contributed by atoms with van der Waals surface area (Å²) in [5.41, 5.74) is 0. The van der Waals surface area contributed by atoms with Gasteiger partial charge in [0, 0.05) is 26.2 Å². The molecule has 0 N–H and O–H groups in total. The summed E-state index contributed by atoms with van der Waals surface area (Å²) in [5.74, 6) is 0.663. The van der Waals surface area contributed by atoms with Gasteiger partial charge in [-0.25, -0.2) is 4.39 Å². The van der Waals surface area contributed by atoms with Crippen molar-refractivity contribution < 1.29 is 9.13 Å². The minimum atomic E-state index is 0.0326. The van der Waals surface area contributed by atoms with Gasteiger partial charge in [0.2, 0.25) is 0 Å². The maximum absolute atomic E-state index is 12.9. The smallest absolute Gasteiger partial charge is 0.110 e. The molecule has 0 radical (unpaired) electrons. The molecule has 1 saturated heterocycles. The molecule has 2 nitrogen and oxygen atoms in total. The van der Waals surface area contributed by atoms with Crippen molar-refractivity contribution in [3.63, 3.8) is 0 Å². The summed E-state index contributed by atoms with van der Waals surface area (Å²) in [4.78, 5) is 2.19. The molecule has 1 unspecified atom stereocenters. The number of nitrogens with zero attached hydrogens (tertiary/aromatic N) is 1. The zero-order valence-corrected chi connectivity index (χ0v) is 7.84. The van der Waals surface area contributed by atoms with Crippen LogP contribution in [-0.4, -0.2) is 37.7 Å². The van der Waals surface area contributed by atoms with Gasteiger partial charge in [0.1, 0.15) is 5.83 Å². The molecule has 0 saturated carbocycles. The van der Waals surface area contributed by atoms with Crippen molar-refractivity contribution in [2.75, 3.05) is 32.8 Å². The predicted octanol–water partition coefficient (Wildman–Crippen LogP) is 1.58. The Bertz CT molecular complexity index is 199. The van der Waals surface area contributed by atoms with Crippen molar-refractivity contribution in [1.82, 2.24) is 4.90 Å². The van der Waals surface area contributed by atoms with Crippen molar-refractivity contribution in [2.45, 2.75) is 12.8 Å². The van der Waals surface area contributed by atoms with E-state index in [-0.39, 0.29) is 5.83 Å². The van der Waals surface area contributed by atoms with E-state index in [1.54, 1.807) is 6.08 Å². The highest BCUT2D eigenvalue weighted by Gasteiger charge is 2.20. The molecule has 3 heteroatoms. The summed E-state index contributed by atoms with van der Waals surface area (Å²) in [6.45, 7) is 4.26.